The molecule has 0 aliphatic carbocycles. The number of fused-ring (bicyclic) bond motifs is 2. The Kier molecular flexibility index (Phi) is 4.77. The van der Waals surface area contributed by atoms with Crippen LogP contribution in [0.1, 0.15) is 23.5 Å². The molecule has 0 radical (unpaired) electrons. The monoisotopic (exact) mass is 546 g/mol. The van der Waals surface area contributed by atoms with Crippen molar-refractivity contribution in [1.82, 2.24) is 24.1 Å². The maximum absolute atomic E-state index is 13.7. The lowest BCUT2D eigenvalue weighted by Gasteiger charge is -2.12. The van der Waals surface area contributed by atoms with Crippen molar-refractivity contribution in [2.45, 2.75) is 19.9 Å². The van der Waals surface area contributed by atoms with E-state index in [-0.39, 0.29) is 17.4 Å². The molecule has 0 spiro atoms. The number of thiazole rings is 1. The molecule has 0 bridgehead atoms. The lowest BCUT2D eigenvalue weighted by Crippen LogP contribution is -2.16. The fourth-order valence-corrected chi connectivity index (χ4v) is 5.74. The van der Waals surface area contributed by atoms with Crippen LogP contribution in [0, 0.1) is 16.4 Å². The maximum Gasteiger partial charge on any atom is 0.263 e. The van der Waals surface area contributed by atoms with Gasteiger partial charge in [0.15, 0.2) is 5.65 Å². The zero-order valence-corrected chi connectivity index (χ0v) is 19.5. The van der Waals surface area contributed by atoms with E-state index < -0.39 is 0 Å². The van der Waals surface area contributed by atoms with Crippen molar-refractivity contribution in [3.05, 3.63) is 73.2 Å². The molecule has 5 rings (SSSR count). The van der Waals surface area contributed by atoms with Crippen LogP contribution in [0.25, 0.3) is 27.0 Å². The van der Waals surface area contributed by atoms with Gasteiger partial charge >= 0.3 is 0 Å². The molecule has 0 saturated carbocycles. The van der Waals surface area contributed by atoms with E-state index >= 15 is 0 Å². The Labute approximate surface area is 193 Å². The average Bonchev–Trinajstić information content (AvgIpc) is 3.26. The molecule has 5 aromatic rings. The third-order valence-corrected chi connectivity index (χ3v) is 7.45. The number of anilines is 1. The summed E-state index contributed by atoms with van der Waals surface area (Å²) in [5.74, 6) is 0.0108. The molecule has 7 nitrogen and oxygen atoms in total. The van der Waals surface area contributed by atoms with E-state index in [1.54, 1.807) is 22.6 Å². The summed E-state index contributed by atoms with van der Waals surface area (Å²) in [6.45, 7) is 3.92. The predicted octanol–water partition coefficient (Wildman–Crippen LogP) is 4.41. The highest BCUT2D eigenvalue weighted by Gasteiger charge is 2.23. The minimum absolute atomic E-state index is 0.178. The number of halogens is 2. The fraction of sp³-hybridized carbons (Fsp3) is 0.143. The molecule has 10 heteroatoms. The minimum Gasteiger partial charge on any atom is -0.383 e. The summed E-state index contributed by atoms with van der Waals surface area (Å²) in [6, 6.07) is 9.53. The number of nitrogens with two attached hydrogens (primary N) is 1. The smallest absolute Gasteiger partial charge is 0.263 e. The highest BCUT2D eigenvalue weighted by Crippen LogP contribution is 2.33. The largest absolute Gasteiger partial charge is 0.383 e. The van der Waals surface area contributed by atoms with Gasteiger partial charge in [-0.15, -0.1) is 11.3 Å². The summed E-state index contributed by atoms with van der Waals surface area (Å²) in [6.07, 6.45) is 1.42. The zero-order chi connectivity index (χ0) is 21.9. The average molecular weight is 546 g/mol. The molecule has 31 heavy (non-hydrogen) atoms. The van der Waals surface area contributed by atoms with Crippen molar-refractivity contribution >= 4 is 55.6 Å². The Balaban J connectivity index is 1.69. The van der Waals surface area contributed by atoms with Gasteiger partial charge in [-0.05, 0) is 66.3 Å². The van der Waals surface area contributed by atoms with Gasteiger partial charge in [0.2, 0.25) is 0 Å². The Bertz CT molecular complexity index is 1540. The Morgan fingerprint density at radius 1 is 1.23 bits per heavy atom. The van der Waals surface area contributed by atoms with Gasteiger partial charge in [-0.3, -0.25) is 9.20 Å². The first-order chi connectivity index (χ1) is 14.9. The van der Waals surface area contributed by atoms with Crippen molar-refractivity contribution in [3.63, 3.8) is 0 Å². The topological polar surface area (TPSA) is 91.1 Å². The summed E-state index contributed by atoms with van der Waals surface area (Å²) in [7, 11) is 0. The van der Waals surface area contributed by atoms with E-state index in [0.29, 0.717) is 22.6 Å². The van der Waals surface area contributed by atoms with Crippen LogP contribution in [0.3, 0.4) is 0 Å². The lowest BCUT2D eigenvalue weighted by atomic mass is 10.1. The van der Waals surface area contributed by atoms with Crippen molar-refractivity contribution in [2.75, 3.05) is 5.73 Å². The standard InChI is InChI=1S/C21H16FIN6OS/c1-10-17(11(2)29-20-16(18(23)27-29)19(24)25-9-26-20)31-15-7-6-14(21(30)28(10)15)12-4-3-5-13(22)8-12/h3-9,11H,1-2H3,(H2,24,25,26). The number of aryl methyl sites for hydroxylation is 1. The number of nitrogen functional groups attached to an aromatic ring is 1. The second-order valence-electron chi connectivity index (χ2n) is 7.16. The number of pyridine rings is 1. The maximum atomic E-state index is 13.7. The van der Waals surface area contributed by atoms with E-state index in [0.717, 1.165) is 24.5 Å². The summed E-state index contributed by atoms with van der Waals surface area (Å²) in [5, 5.41) is 5.36. The van der Waals surface area contributed by atoms with Crippen LogP contribution in [0.15, 0.2) is 47.5 Å². The summed E-state index contributed by atoms with van der Waals surface area (Å²) < 4.78 is 17.9. The van der Waals surface area contributed by atoms with Gasteiger partial charge in [0.25, 0.3) is 5.56 Å². The van der Waals surface area contributed by atoms with Gasteiger partial charge in [0.1, 0.15) is 26.5 Å². The first-order valence-electron chi connectivity index (χ1n) is 9.42. The van der Waals surface area contributed by atoms with E-state index in [1.807, 2.05) is 24.6 Å². The minimum atomic E-state index is -0.375. The molecule has 0 aliphatic rings. The number of nitrogens with zero attached hydrogens (tertiary/aromatic N) is 5. The molecule has 1 aromatic carbocycles. The Morgan fingerprint density at radius 3 is 2.81 bits per heavy atom. The quantitative estimate of drug-likeness (QED) is 0.339. The lowest BCUT2D eigenvalue weighted by molar-refractivity contribution is 0.579. The highest BCUT2D eigenvalue weighted by molar-refractivity contribution is 14.1. The summed E-state index contributed by atoms with van der Waals surface area (Å²) in [5.41, 5.74) is 8.32. The molecule has 4 heterocycles. The molecule has 0 fully saturated rings. The van der Waals surface area contributed by atoms with E-state index in [9.17, 15) is 9.18 Å². The third-order valence-electron chi connectivity index (χ3n) is 5.31. The van der Waals surface area contributed by atoms with Crippen LogP contribution >= 0.6 is 33.9 Å². The molecular formula is C21H16FIN6OS. The first kappa shape index (κ1) is 20.1. The predicted molar refractivity (Wildman–Crippen MR) is 128 cm³/mol. The summed E-state index contributed by atoms with van der Waals surface area (Å²) in [4.78, 5) is 23.5. The third kappa shape index (κ3) is 3.12. The van der Waals surface area contributed by atoms with Crippen LogP contribution < -0.4 is 11.3 Å². The number of hydrogen-bond donors (Lipinski definition) is 1. The van der Waals surface area contributed by atoms with E-state index in [2.05, 4.69) is 37.7 Å². The normalized spacial score (nSPS) is 12.6. The van der Waals surface area contributed by atoms with Crippen LogP contribution in [0.4, 0.5) is 10.2 Å². The number of hydrogen-bond acceptors (Lipinski definition) is 6. The SMILES string of the molecule is Cc1c(C(C)n2nc(I)c3c(N)ncnc32)sc2ccc(-c3cccc(F)c3)c(=O)n12. The van der Waals surface area contributed by atoms with E-state index in [4.69, 9.17) is 5.73 Å². The van der Waals surface area contributed by atoms with Crippen molar-refractivity contribution < 1.29 is 4.39 Å². The Hall–Kier alpha value is -2.86. The van der Waals surface area contributed by atoms with Crippen LogP contribution in [0.5, 0.6) is 0 Å². The molecule has 0 saturated heterocycles. The van der Waals surface area contributed by atoms with Crippen LogP contribution in [0.2, 0.25) is 0 Å². The van der Waals surface area contributed by atoms with Gasteiger partial charge in [-0.25, -0.2) is 19.0 Å². The van der Waals surface area contributed by atoms with Crippen molar-refractivity contribution in [2.24, 2.45) is 0 Å². The second-order valence-corrected chi connectivity index (χ2v) is 9.24. The number of rotatable bonds is 3. The van der Waals surface area contributed by atoms with Gasteiger partial charge < -0.3 is 5.73 Å². The van der Waals surface area contributed by atoms with Gasteiger partial charge in [0.05, 0.1) is 16.3 Å². The van der Waals surface area contributed by atoms with Gasteiger partial charge in [-0.1, -0.05) is 12.1 Å². The van der Waals surface area contributed by atoms with Crippen molar-refractivity contribution in [1.29, 1.82) is 0 Å². The summed E-state index contributed by atoms with van der Waals surface area (Å²) >= 11 is 3.65. The van der Waals surface area contributed by atoms with Crippen molar-refractivity contribution in [3.8, 4) is 11.1 Å². The van der Waals surface area contributed by atoms with Crippen LogP contribution in [-0.2, 0) is 0 Å². The molecule has 1 atom stereocenters. The zero-order valence-electron chi connectivity index (χ0n) is 16.5. The fourth-order valence-electron chi connectivity index (χ4n) is 3.81. The van der Waals surface area contributed by atoms with Gasteiger partial charge in [0, 0.05) is 11.3 Å². The molecule has 0 aliphatic heterocycles. The molecule has 2 N–H and O–H groups in total. The van der Waals surface area contributed by atoms with Crippen LogP contribution in [-0.4, -0.2) is 24.1 Å². The molecule has 0 amide bonds. The number of benzene rings is 1. The van der Waals surface area contributed by atoms with E-state index in [1.165, 1.54) is 29.8 Å². The second kappa shape index (κ2) is 7.38. The molecular weight excluding hydrogens is 530 g/mol. The van der Waals surface area contributed by atoms with Gasteiger partial charge in [-0.2, -0.15) is 5.10 Å². The molecule has 1 unspecified atom stereocenters. The number of aromatic nitrogens is 5. The molecule has 156 valence electrons. The highest BCUT2D eigenvalue weighted by atomic mass is 127. The first-order valence-corrected chi connectivity index (χ1v) is 11.3. The molecule has 4 aromatic heterocycles. The Morgan fingerprint density at radius 2 is 2.03 bits per heavy atom.